The fraction of sp³-hybridized carbons (Fsp3) is 0.783. The molecule has 1 saturated heterocycles. The van der Waals surface area contributed by atoms with Gasteiger partial charge in [-0.2, -0.15) is 0 Å². The monoisotopic (exact) mass is 357 g/mol. The molecule has 0 bridgehead atoms. The second kappa shape index (κ2) is 7.50. The predicted molar refractivity (Wildman–Crippen MR) is 105 cm³/mol. The van der Waals surface area contributed by atoms with Gasteiger partial charge in [-0.15, -0.1) is 0 Å². The molecule has 3 heteroatoms. The average Bonchev–Trinajstić information content (AvgIpc) is 2.92. The average molecular weight is 358 g/mol. The first-order valence-corrected chi connectivity index (χ1v) is 10.9. The third kappa shape index (κ3) is 3.52. The zero-order chi connectivity index (χ0) is 18.1. The van der Waals surface area contributed by atoms with Crippen LogP contribution in [0.3, 0.4) is 0 Å². The molecule has 0 amide bonds. The van der Waals surface area contributed by atoms with E-state index in [1.54, 1.807) is 11.1 Å². The van der Waals surface area contributed by atoms with Crippen LogP contribution < -0.4 is 5.32 Å². The Morgan fingerprint density at radius 2 is 2.19 bits per heavy atom. The van der Waals surface area contributed by atoms with E-state index in [1.807, 2.05) is 0 Å². The van der Waals surface area contributed by atoms with E-state index in [2.05, 4.69) is 31.3 Å². The van der Waals surface area contributed by atoms with Crippen molar-refractivity contribution in [1.29, 1.82) is 0 Å². The number of hydrogen-bond acceptors (Lipinski definition) is 3. The molecule has 1 N–H and O–H groups in total. The van der Waals surface area contributed by atoms with Crippen molar-refractivity contribution < 1.29 is 9.53 Å². The Morgan fingerprint density at radius 3 is 3.00 bits per heavy atom. The Bertz CT molecular complexity index is 607. The van der Waals surface area contributed by atoms with E-state index in [0.29, 0.717) is 5.92 Å². The lowest BCUT2D eigenvalue weighted by Gasteiger charge is -2.46. The van der Waals surface area contributed by atoms with Crippen molar-refractivity contribution in [3.05, 3.63) is 23.3 Å². The highest BCUT2D eigenvalue weighted by molar-refractivity contribution is 5.76. The van der Waals surface area contributed by atoms with Gasteiger partial charge in [0.15, 0.2) is 0 Å². The molecule has 0 aromatic heterocycles. The molecule has 0 radical (unpaired) electrons. The van der Waals surface area contributed by atoms with Crippen LogP contribution in [0.4, 0.5) is 0 Å². The number of carbonyl (C=O) groups excluding carboxylic acids is 1. The van der Waals surface area contributed by atoms with Crippen LogP contribution in [0.1, 0.15) is 71.6 Å². The van der Waals surface area contributed by atoms with Crippen LogP contribution in [0.2, 0.25) is 0 Å². The van der Waals surface area contributed by atoms with Crippen LogP contribution >= 0.6 is 0 Å². The molecule has 1 aliphatic heterocycles. The summed E-state index contributed by atoms with van der Waals surface area (Å²) in [6, 6.07) is 0. The van der Waals surface area contributed by atoms with Gasteiger partial charge in [-0.05, 0) is 69.2 Å². The van der Waals surface area contributed by atoms with E-state index in [1.165, 1.54) is 44.9 Å². The van der Waals surface area contributed by atoms with Gasteiger partial charge in [-0.3, -0.25) is 4.79 Å². The van der Waals surface area contributed by atoms with E-state index in [9.17, 15) is 4.79 Å². The maximum Gasteiger partial charge on any atom is 0.311 e. The third-order valence-corrected chi connectivity index (χ3v) is 7.45. The van der Waals surface area contributed by atoms with Gasteiger partial charge in [0.2, 0.25) is 0 Å². The van der Waals surface area contributed by atoms with Crippen molar-refractivity contribution in [3.63, 3.8) is 0 Å². The summed E-state index contributed by atoms with van der Waals surface area (Å²) in [5.74, 6) is 0.979. The van der Waals surface area contributed by atoms with Crippen molar-refractivity contribution in [2.75, 3.05) is 13.1 Å². The summed E-state index contributed by atoms with van der Waals surface area (Å²) in [4.78, 5) is 12.5. The second-order valence-corrected chi connectivity index (χ2v) is 9.40. The Labute approximate surface area is 158 Å². The van der Waals surface area contributed by atoms with E-state index >= 15 is 0 Å². The number of ether oxygens (including phenoxy) is 1. The number of nitrogens with one attached hydrogen (secondary N) is 1. The van der Waals surface area contributed by atoms with Crippen molar-refractivity contribution in [3.8, 4) is 0 Å². The first-order valence-electron chi connectivity index (χ1n) is 10.9. The van der Waals surface area contributed by atoms with Gasteiger partial charge in [-0.1, -0.05) is 43.6 Å². The SMILES string of the molecule is C[C@H]1CCC[C@]2(C)C[C@H]3OC(=O)[C@H](CNCCC4=CCCCC4)[C@H]3C=C12. The maximum atomic E-state index is 12.5. The highest BCUT2D eigenvalue weighted by Crippen LogP contribution is 2.53. The molecular weight excluding hydrogens is 322 g/mol. The molecule has 4 aliphatic rings. The number of allylic oxidation sites excluding steroid dienone is 2. The van der Waals surface area contributed by atoms with Gasteiger partial charge in [0.25, 0.3) is 0 Å². The van der Waals surface area contributed by atoms with Gasteiger partial charge in [-0.25, -0.2) is 0 Å². The summed E-state index contributed by atoms with van der Waals surface area (Å²) < 4.78 is 5.84. The van der Waals surface area contributed by atoms with Crippen molar-refractivity contribution in [2.45, 2.75) is 77.7 Å². The third-order valence-electron chi connectivity index (χ3n) is 7.45. The predicted octanol–water partition coefficient (Wildman–Crippen LogP) is 4.78. The van der Waals surface area contributed by atoms with Gasteiger partial charge in [0, 0.05) is 12.5 Å². The Hall–Kier alpha value is -1.09. The minimum atomic E-state index is 0.00603. The molecule has 2 fully saturated rings. The summed E-state index contributed by atoms with van der Waals surface area (Å²) >= 11 is 0. The van der Waals surface area contributed by atoms with Crippen molar-refractivity contribution >= 4 is 5.97 Å². The second-order valence-electron chi connectivity index (χ2n) is 9.40. The summed E-state index contributed by atoms with van der Waals surface area (Å²) in [6.07, 6.45) is 16.2. The molecule has 3 nitrogen and oxygen atoms in total. The van der Waals surface area contributed by atoms with E-state index < -0.39 is 0 Å². The molecule has 0 aromatic carbocycles. The van der Waals surface area contributed by atoms with Crippen molar-refractivity contribution in [1.82, 2.24) is 5.32 Å². The minimum Gasteiger partial charge on any atom is -0.461 e. The number of rotatable bonds is 5. The summed E-state index contributed by atoms with van der Waals surface area (Å²) in [7, 11) is 0. The number of fused-ring (bicyclic) bond motifs is 2. The molecule has 1 saturated carbocycles. The fourth-order valence-electron chi connectivity index (χ4n) is 5.92. The summed E-state index contributed by atoms with van der Waals surface area (Å²) in [5.41, 5.74) is 3.47. The van der Waals surface area contributed by atoms with E-state index in [0.717, 1.165) is 25.9 Å². The topological polar surface area (TPSA) is 38.3 Å². The van der Waals surface area contributed by atoms with Crippen molar-refractivity contribution in [2.24, 2.45) is 23.2 Å². The lowest BCUT2D eigenvalue weighted by atomic mass is 9.59. The normalized spacial score (nSPS) is 39.5. The van der Waals surface area contributed by atoms with Crippen LogP contribution in [0.25, 0.3) is 0 Å². The highest BCUT2D eigenvalue weighted by atomic mass is 16.6. The van der Waals surface area contributed by atoms with Gasteiger partial charge < -0.3 is 10.1 Å². The van der Waals surface area contributed by atoms with E-state index in [-0.39, 0.29) is 29.3 Å². The molecule has 0 unspecified atom stereocenters. The standard InChI is InChI=1S/C23H35NO2/c1-16-7-6-11-23(2)14-21-18(13-20(16)23)19(22(25)26-21)15-24-12-10-17-8-4-3-5-9-17/h8,13,16,18-19,21,24H,3-7,9-12,14-15H2,1-2H3/t16-,18+,19+,21+,23+/m0/s1. The number of carbonyl (C=O) groups is 1. The summed E-state index contributed by atoms with van der Waals surface area (Å²) in [5, 5.41) is 3.56. The number of esters is 1. The molecule has 0 aromatic rings. The van der Waals surface area contributed by atoms with Crippen LogP contribution in [-0.4, -0.2) is 25.2 Å². The van der Waals surface area contributed by atoms with Gasteiger partial charge in [0.1, 0.15) is 6.10 Å². The first-order chi connectivity index (χ1) is 12.6. The molecule has 26 heavy (non-hydrogen) atoms. The zero-order valence-corrected chi connectivity index (χ0v) is 16.6. The number of hydrogen-bond donors (Lipinski definition) is 1. The molecular formula is C23H35NO2. The summed E-state index contributed by atoms with van der Waals surface area (Å²) in [6.45, 7) is 6.51. The highest BCUT2D eigenvalue weighted by Gasteiger charge is 2.51. The molecule has 5 atom stereocenters. The fourth-order valence-corrected chi connectivity index (χ4v) is 5.92. The molecule has 144 valence electrons. The van der Waals surface area contributed by atoms with Crippen LogP contribution in [0, 0.1) is 23.2 Å². The molecule has 1 heterocycles. The van der Waals surface area contributed by atoms with E-state index in [4.69, 9.17) is 4.74 Å². The van der Waals surface area contributed by atoms with Crippen LogP contribution in [0.5, 0.6) is 0 Å². The van der Waals surface area contributed by atoms with Gasteiger partial charge >= 0.3 is 5.97 Å². The Morgan fingerprint density at radius 1 is 1.31 bits per heavy atom. The first kappa shape index (κ1) is 18.3. The lowest BCUT2D eigenvalue weighted by molar-refractivity contribution is -0.145. The van der Waals surface area contributed by atoms with Crippen LogP contribution in [-0.2, 0) is 9.53 Å². The minimum absolute atomic E-state index is 0.00603. The Balaban J connectivity index is 1.38. The quantitative estimate of drug-likeness (QED) is 0.437. The zero-order valence-electron chi connectivity index (χ0n) is 16.6. The molecule has 3 aliphatic carbocycles. The van der Waals surface area contributed by atoms with Crippen LogP contribution in [0.15, 0.2) is 23.3 Å². The van der Waals surface area contributed by atoms with Gasteiger partial charge in [0.05, 0.1) is 5.92 Å². The maximum absolute atomic E-state index is 12.5. The molecule has 4 rings (SSSR count). The smallest absolute Gasteiger partial charge is 0.311 e. The lowest BCUT2D eigenvalue weighted by Crippen LogP contribution is -2.40. The Kier molecular flexibility index (Phi) is 5.27. The molecule has 0 spiro atoms. The largest absolute Gasteiger partial charge is 0.461 e.